The molecule has 16 heavy (non-hydrogen) atoms. The Labute approximate surface area is 103 Å². The molecule has 0 fully saturated rings. The molecule has 0 aromatic rings. The van der Waals surface area contributed by atoms with Crippen molar-refractivity contribution in [1.82, 2.24) is 5.32 Å². The summed E-state index contributed by atoms with van der Waals surface area (Å²) < 4.78 is 0. The topological polar surface area (TPSA) is 12.0 Å². The minimum absolute atomic E-state index is 0.277. The fraction of sp³-hybridized carbons (Fsp3) is 0.714. The van der Waals surface area contributed by atoms with Crippen LogP contribution in [0.15, 0.2) is 23.3 Å². The molecule has 0 aromatic carbocycles. The summed E-state index contributed by atoms with van der Waals surface area (Å²) in [5.41, 5.74) is 3.28. The number of rotatable bonds is 5. The van der Waals surface area contributed by atoms with E-state index in [2.05, 4.69) is 58.3 Å². The van der Waals surface area contributed by atoms with Crippen LogP contribution in [0.5, 0.6) is 0 Å². The van der Waals surface area contributed by atoms with Gasteiger partial charge >= 0.3 is 0 Å². The average Bonchev–Trinajstić information content (AvgIpc) is 2.45. The van der Waals surface area contributed by atoms with Crippen molar-refractivity contribution in [3.63, 3.8) is 0 Å². The van der Waals surface area contributed by atoms with Crippen molar-refractivity contribution in [3.8, 4) is 0 Å². The highest BCUT2D eigenvalue weighted by molar-refractivity contribution is 6.56. The molecule has 0 spiro atoms. The van der Waals surface area contributed by atoms with Crippen molar-refractivity contribution in [2.45, 2.75) is 64.8 Å². The Morgan fingerprint density at radius 3 is 2.44 bits per heavy atom. The highest BCUT2D eigenvalue weighted by atomic mass is 28.3. The Morgan fingerprint density at radius 1 is 1.31 bits per heavy atom. The van der Waals surface area contributed by atoms with Gasteiger partial charge in [0.1, 0.15) is 0 Å². The fourth-order valence-electron chi connectivity index (χ4n) is 2.72. The third-order valence-electron chi connectivity index (χ3n) is 3.25. The van der Waals surface area contributed by atoms with Gasteiger partial charge in [-0.3, -0.25) is 0 Å². The van der Waals surface area contributed by atoms with Crippen molar-refractivity contribution >= 4 is 8.80 Å². The van der Waals surface area contributed by atoms with Gasteiger partial charge in [0, 0.05) is 14.3 Å². The maximum Gasteiger partial charge on any atom is 0.0502 e. The lowest BCUT2D eigenvalue weighted by Gasteiger charge is -2.33. The zero-order valence-corrected chi connectivity index (χ0v) is 12.9. The monoisotopic (exact) mass is 237 g/mol. The molecule has 0 saturated heterocycles. The van der Waals surface area contributed by atoms with Crippen LogP contribution in [-0.2, 0) is 0 Å². The molecule has 1 atom stereocenters. The highest BCUT2D eigenvalue weighted by Gasteiger charge is 2.27. The van der Waals surface area contributed by atoms with Crippen LogP contribution in [-0.4, -0.2) is 20.4 Å². The van der Waals surface area contributed by atoms with Gasteiger partial charge in [-0.2, -0.15) is 0 Å². The van der Waals surface area contributed by atoms with E-state index in [0.29, 0.717) is 6.04 Å². The van der Waals surface area contributed by atoms with Gasteiger partial charge in [0.15, 0.2) is 0 Å². The van der Waals surface area contributed by atoms with Gasteiger partial charge < -0.3 is 5.32 Å². The van der Waals surface area contributed by atoms with Gasteiger partial charge in [-0.15, -0.1) is 0 Å². The van der Waals surface area contributed by atoms with Crippen molar-refractivity contribution in [3.05, 3.63) is 23.3 Å². The number of hydrogen-bond acceptors (Lipinski definition) is 1. The molecule has 1 aliphatic rings. The van der Waals surface area contributed by atoms with Gasteiger partial charge in [0.2, 0.25) is 0 Å². The molecule has 0 radical (unpaired) electrons. The second-order valence-corrected chi connectivity index (χ2v) is 9.26. The molecule has 1 N–H and O–H groups in total. The first kappa shape index (κ1) is 13.7. The molecule has 1 nitrogen and oxygen atoms in total. The maximum atomic E-state index is 3.84. The fourth-order valence-corrected chi connectivity index (χ4v) is 4.88. The molecule has 0 heterocycles. The average molecular weight is 237 g/mol. The van der Waals surface area contributed by atoms with Crippen molar-refractivity contribution in [1.29, 1.82) is 0 Å². The largest absolute Gasteiger partial charge is 0.302 e. The summed E-state index contributed by atoms with van der Waals surface area (Å²) in [6.07, 6.45) is 5.70. The summed E-state index contributed by atoms with van der Waals surface area (Å²) in [4.78, 5) is 0. The van der Waals surface area contributed by atoms with Crippen LogP contribution >= 0.6 is 0 Å². The minimum atomic E-state index is -0.507. The predicted octanol–water partition coefficient (Wildman–Crippen LogP) is 3.51. The first-order valence-electron chi connectivity index (χ1n) is 6.50. The third-order valence-corrected chi connectivity index (χ3v) is 5.09. The lowest BCUT2D eigenvalue weighted by molar-refractivity contribution is 0.401. The number of nitrogens with one attached hydrogen (secondary N) is 1. The van der Waals surface area contributed by atoms with E-state index >= 15 is 0 Å². The van der Waals surface area contributed by atoms with E-state index in [-0.39, 0.29) is 5.54 Å². The van der Waals surface area contributed by atoms with Crippen LogP contribution in [0.1, 0.15) is 34.1 Å². The number of allylic oxidation sites excluding steroid dienone is 2. The van der Waals surface area contributed by atoms with E-state index in [1.54, 1.807) is 0 Å². The highest BCUT2D eigenvalue weighted by Crippen LogP contribution is 2.25. The first-order valence-corrected chi connectivity index (χ1v) is 9.63. The molecule has 0 aliphatic heterocycles. The molecule has 1 rings (SSSR count). The van der Waals surface area contributed by atoms with Crippen LogP contribution in [0.4, 0.5) is 0 Å². The Balaban J connectivity index is 2.65. The molecular formula is C14H27NSi. The van der Waals surface area contributed by atoms with Crippen LogP contribution in [0.3, 0.4) is 0 Å². The maximum absolute atomic E-state index is 3.84. The van der Waals surface area contributed by atoms with Crippen LogP contribution in [0, 0.1) is 0 Å². The zero-order valence-electron chi connectivity index (χ0n) is 11.7. The zero-order chi connectivity index (χ0) is 12.3. The smallest absolute Gasteiger partial charge is 0.0502 e. The quantitative estimate of drug-likeness (QED) is 0.722. The number of hydrogen-bond donors (Lipinski definition) is 1. The molecule has 1 aliphatic carbocycles. The molecule has 92 valence electrons. The second-order valence-electron chi connectivity index (χ2n) is 6.07. The Kier molecular flexibility index (Phi) is 4.57. The van der Waals surface area contributed by atoms with Gasteiger partial charge in [-0.1, -0.05) is 37.7 Å². The Hall–Kier alpha value is -0.343. The molecule has 0 bridgehead atoms. The summed E-state index contributed by atoms with van der Waals surface area (Å²) >= 11 is 0. The van der Waals surface area contributed by atoms with Crippen molar-refractivity contribution in [2.24, 2.45) is 0 Å². The van der Waals surface area contributed by atoms with Crippen molar-refractivity contribution in [2.75, 3.05) is 0 Å². The van der Waals surface area contributed by atoms with Gasteiger partial charge in [-0.05, 0) is 38.8 Å². The Morgan fingerprint density at radius 2 is 1.94 bits per heavy atom. The van der Waals surface area contributed by atoms with Crippen LogP contribution in [0.25, 0.3) is 0 Å². The lowest BCUT2D eigenvalue weighted by atomic mass is 9.99. The van der Waals surface area contributed by atoms with Crippen molar-refractivity contribution < 1.29 is 0 Å². The van der Waals surface area contributed by atoms with Crippen LogP contribution in [0.2, 0.25) is 19.1 Å². The van der Waals surface area contributed by atoms with Gasteiger partial charge in [-0.25, -0.2) is 0 Å². The van der Waals surface area contributed by atoms with Gasteiger partial charge in [0.05, 0.1) is 6.04 Å². The molecule has 0 saturated carbocycles. The molecule has 0 aromatic heterocycles. The SMILES string of the molecule is CCC1=CC=C(C)C1NC(C)(C)C[SiH](C)C. The second kappa shape index (κ2) is 5.33. The Bertz CT molecular complexity index is 300. The summed E-state index contributed by atoms with van der Waals surface area (Å²) in [7, 11) is -0.507. The van der Waals surface area contributed by atoms with E-state index in [1.165, 1.54) is 17.2 Å². The molecular weight excluding hydrogens is 210 g/mol. The predicted molar refractivity (Wildman–Crippen MR) is 76.8 cm³/mol. The molecule has 0 amide bonds. The summed E-state index contributed by atoms with van der Waals surface area (Å²) in [5.74, 6) is 0. The minimum Gasteiger partial charge on any atom is -0.302 e. The summed E-state index contributed by atoms with van der Waals surface area (Å²) in [6, 6.07) is 1.85. The first-order chi connectivity index (χ1) is 7.35. The summed E-state index contributed by atoms with van der Waals surface area (Å²) in [5, 5.41) is 3.84. The van der Waals surface area contributed by atoms with Gasteiger partial charge in [0.25, 0.3) is 0 Å². The third kappa shape index (κ3) is 3.60. The lowest BCUT2D eigenvalue weighted by Crippen LogP contribution is -2.48. The van der Waals surface area contributed by atoms with E-state index in [4.69, 9.17) is 0 Å². The standard InChI is InChI=1S/C14H27NSi/c1-7-12-9-8-11(2)13(12)15-14(3,4)10-16(5)6/h8-9,13,15-16H,7,10H2,1-6H3. The van der Waals surface area contributed by atoms with E-state index in [0.717, 1.165) is 6.42 Å². The van der Waals surface area contributed by atoms with E-state index in [9.17, 15) is 0 Å². The summed E-state index contributed by atoms with van der Waals surface area (Å²) in [6.45, 7) is 14.0. The molecule has 1 unspecified atom stereocenters. The van der Waals surface area contributed by atoms with E-state index in [1.807, 2.05) is 0 Å². The molecule has 2 heteroatoms. The van der Waals surface area contributed by atoms with E-state index < -0.39 is 8.80 Å². The van der Waals surface area contributed by atoms with Crippen LogP contribution < -0.4 is 5.32 Å². The normalized spacial score (nSPS) is 21.3.